The molecule has 2 aliphatic carbocycles. The molecular weight excluding hydrogens is 465 g/mol. The van der Waals surface area contributed by atoms with Gasteiger partial charge in [-0.15, -0.1) is 0 Å². The lowest BCUT2D eigenvalue weighted by Crippen LogP contribution is -2.37. The van der Waals surface area contributed by atoms with Gasteiger partial charge in [-0.25, -0.2) is 4.39 Å². The quantitative estimate of drug-likeness (QED) is 0.515. The van der Waals surface area contributed by atoms with E-state index in [0.29, 0.717) is 23.5 Å². The predicted molar refractivity (Wildman–Crippen MR) is 143 cm³/mol. The van der Waals surface area contributed by atoms with Gasteiger partial charge in [-0.05, 0) is 94.4 Å². The summed E-state index contributed by atoms with van der Waals surface area (Å²) < 4.78 is 24.4. The largest absolute Gasteiger partial charge is 0.454 e. The first kappa shape index (κ1) is 23.0. The van der Waals surface area contributed by atoms with Crippen molar-refractivity contribution in [3.8, 4) is 22.6 Å². The van der Waals surface area contributed by atoms with Gasteiger partial charge in [-0.2, -0.15) is 0 Å². The molecule has 0 bridgehead atoms. The smallest absolute Gasteiger partial charge is 0.231 e. The zero-order valence-electron chi connectivity index (χ0n) is 20.2. The van der Waals surface area contributed by atoms with Crippen LogP contribution in [0.3, 0.4) is 0 Å². The van der Waals surface area contributed by atoms with Gasteiger partial charge in [0, 0.05) is 23.9 Å². The number of rotatable bonds is 2. The van der Waals surface area contributed by atoms with Crippen LogP contribution in [0.25, 0.3) is 23.3 Å². The Morgan fingerprint density at radius 1 is 0.838 bits per heavy atom. The molecule has 1 unspecified atom stereocenters. The molecule has 37 heavy (non-hydrogen) atoms. The number of benzene rings is 3. The van der Waals surface area contributed by atoms with E-state index < -0.39 is 0 Å². The van der Waals surface area contributed by atoms with Crippen molar-refractivity contribution >= 4 is 17.9 Å². The fourth-order valence-electron chi connectivity index (χ4n) is 5.23. The number of carbonyl (C=O) groups is 1. The van der Waals surface area contributed by atoms with Crippen molar-refractivity contribution in [1.82, 2.24) is 5.32 Å². The Bertz CT molecular complexity index is 1580. The van der Waals surface area contributed by atoms with Crippen LogP contribution in [-0.4, -0.2) is 12.6 Å². The third-order valence-electron chi connectivity index (χ3n) is 7.07. The van der Waals surface area contributed by atoms with Gasteiger partial charge in [-0.3, -0.25) is 4.79 Å². The van der Waals surface area contributed by atoms with Crippen LogP contribution in [-0.2, 0) is 12.8 Å². The minimum Gasteiger partial charge on any atom is -0.454 e. The first-order chi connectivity index (χ1) is 18.2. The molecule has 0 amide bonds. The first-order valence-electron chi connectivity index (χ1n) is 12.5. The Labute approximate surface area is 214 Å². The summed E-state index contributed by atoms with van der Waals surface area (Å²) in [5.74, 6) is 1.04. The van der Waals surface area contributed by atoms with Gasteiger partial charge in [0.2, 0.25) is 6.79 Å². The second-order valence-corrected chi connectivity index (χ2v) is 9.32. The van der Waals surface area contributed by atoms with E-state index in [1.54, 1.807) is 18.2 Å². The van der Waals surface area contributed by atoms with Crippen molar-refractivity contribution in [3.05, 3.63) is 118 Å². The number of aryl methyl sites for hydroxylation is 1. The number of hydrogen-bond donors (Lipinski definition) is 1. The van der Waals surface area contributed by atoms with Crippen LogP contribution >= 0.6 is 0 Å². The summed E-state index contributed by atoms with van der Waals surface area (Å²) >= 11 is 0. The second-order valence-electron chi connectivity index (χ2n) is 9.32. The number of Topliss-reactive ketones (excluding diaryl/α,β-unsaturated/α-hetero) is 1. The minimum absolute atomic E-state index is 0.106. The lowest BCUT2D eigenvalue weighted by atomic mass is 9.82. The molecule has 0 aromatic heterocycles. The van der Waals surface area contributed by atoms with Crippen molar-refractivity contribution in [3.63, 3.8) is 0 Å². The summed E-state index contributed by atoms with van der Waals surface area (Å²) in [6.45, 7) is 0.198. The van der Waals surface area contributed by atoms with Crippen LogP contribution in [0.1, 0.15) is 27.9 Å². The average molecular weight is 492 g/mol. The van der Waals surface area contributed by atoms with Crippen molar-refractivity contribution in [2.24, 2.45) is 5.92 Å². The van der Waals surface area contributed by atoms with Gasteiger partial charge >= 0.3 is 0 Å². The van der Waals surface area contributed by atoms with E-state index in [4.69, 9.17) is 9.47 Å². The molecule has 4 nitrogen and oxygen atoms in total. The maximum atomic E-state index is 13.7. The van der Waals surface area contributed by atoms with Crippen LogP contribution in [0.5, 0.6) is 11.5 Å². The summed E-state index contributed by atoms with van der Waals surface area (Å²) in [6.07, 6.45) is 18.2. The molecule has 1 N–H and O–H groups in total. The highest BCUT2D eigenvalue weighted by molar-refractivity contribution is 6.01. The van der Waals surface area contributed by atoms with Crippen molar-refractivity contribution < 1.29 is 18.7 Å². The van der Waals surface area contributed by atoms with Crippen molar-refractivity contribution in [2.75, 3.05) is 6.79 Å². The molecule has 2 heterocycles. The number of nitrogens with one attached hydrogen (secondary N) is 1. The van der Waals surface area contributed by atoms with Gasteiger partial charge in [0.05, 0.1) is 0 Å². The van der Waals surface area contributed by atoms with Gasteiger partial charge in [0.15, 0.2) is 17.3 Å². The van der Waals surface area contributed by atoms with Crippen LogP contribution in [0.2, 0.25) is 0 Å². The minimum atomic E-state index is -0.204. The van der Waals surface area contributed by atoms with E-state index in [2.05, 4.69) is 29.6 Å². The summed E-state index contributed by atoms with van der Waals surface area (Å²) in [5.41, 5.74) is 5.12. The van der Waals surface area contributed by atoms with E-state index in [1.165, 1.54) is 11.6 Å². The summed E-state index contributed by atoms with van der Waals surface area (Å²) in [4.78, 5) is 13.2. The molecule has 0 saturated carbocycles. The molecule has 0 radical (unpaired) electrons. The van der Waals surface area contributed by atoms with Gasteiger partial charge in [-0.1, -0.05) is 42.5 Å². The number of fused-ring (bicyclic) bond motifs is 6. The Balaban J connectivity index is 0.000000314. The van der Waals surface area contributed by atoms with E-state index in [9.17, 15) is 9.18 Å². The van der Waals surface area contributed by atoms with E-state index >= 15 is 0 Å². The Morgan fingerprint density at radius 3 is 2.51 bits per heavy atom. The zero-order valence-corrected chi connectivity index (χ0v) is 20.2. The van der Waals surface area contributed by atoms with Gasteiger partial charge in [0.25, 0.3) is 0 Å². The van der Waals surface area contributed by atoms with Crippen molar-refractivity contribution in [1.29, 1.82) is 0 Å². The zero-order chi connectivity index (χ0) is 25.2. The topological polar surface area (TPSA) is 47.6 Å². The Kier molecular flexibility index (Phi) is 6.19. The summed E-state index contributed by atoms with van der Waals surface area (Å²) in [7, 11) is 0. The Morgan fingerprint density at radius 2 is 1.65 bits per heavy atom. The lowest BCUT2D eigenvalue weighted by molar-refractivity contribution is 0.0946. The van der Waals surface area contributed by atoms with E-state index in [0.717, 1.165) is 40.0 Å². The highest BCUT2D eigenvalue weighted by Crippen LogP contribution is 2.34. The van der Waals surface area contributed by atoms with Crippen LogP contribution in [0.15, 0.2) is 85.2 Å². The summed E-state index contributed by atoms with van der Waals surface area (Å²) in [5, 5.41) is 5.23. The maximum Gasteiger partial charge on any atom is 0.231 e. The molecule has 0 spiro atoms. The Hall–Kier alpha value is -4.38. The maximum absolute atomic E-state index is 13.7. The molecule has 184 valence electrons. The van der Waals surface area contributed by atoms with Crippen LogP contribution < -0.4 is 25.2 Å². The van der Waals surface area contributed by atoms with Gasteiger partial charge < -0.3 is 14.8 Å². The average Bonchev–Trinajstić information content (AvgIpc) is 3.20. The third kappa shape index (κ3) is 4.60. The van der Waals surface area contributed by atoms with Crippen LogP contribution in [0.4, 0.5) is 4.39 Å². The number of carbonyl (C=O) groups excluding carboxylic acids is 1. The SMILES string of the molecule is C1=CC=CNC=C1.O=C(c1ccc2c(c1)OCO2)C1C=c2c(ccc3c2=CCc2cc(F)ccc2-3)CC1. The molecule has 0 fully saturated rings. The van der Waals surface area contributed by atoms with Crippen molar-refractivity contribution in [2.45, 2.75) is 19.3 Å². The molecule has 3 aromatic rings. The highest BCUT2D eigenvalue weighted by Gasteiger charge is 2.25. The molecule has 7 rings (SSSR count). The fraction of sp³-hybridized carbons (Fsp3) is 0.156. The summed E-state index contributed by atoms with van der Waals surface area (Å²) in [6, 6.07) is 14.7. The predicted octanol–water partition coefficient (Wildman–Crippen LogP) is 4.96. The second kappa shape index (κ2) is 9.94. The molecule has 5 heteroatoms. The van der Waals surface area contributed by atoms with E-state index in [1.807, 2.05) is 48.8 Å². The number of hydrogen-bond acceptors (Lipinski definition) is 4. The molecular formula is C32H26FNO3. The fourth-order valence-corrected chi connectivity index (χ4v) is 5.23. The van der Waals surface area contributed by atoms with Gasteiger partial charge in [0.1, 0.15) is 5.82 Å². The molecule has 3 aromatic carbocycles. The highest BCUT2D eigenvalue weighted by atomic mass is 19.1. The normalized spacial score (nSPS) is 17.5. The van der Waals surface area contributed by atoms with Crippen LogP contribution in [0, 0.1) is 11.7 Å². The first-order valence-corrected chi connectivity index (χ1v) is 12.5. The number of ether oxygens (including phenoxy) is 2. The molecule has 4 aliphatic rings. The number of ketones is 1. The lowest BCUT2D eigenvalue weighted by Gasteiger charge is -2.21. The molecule has 2 aliphatic heterocycles. The molecule has 0 saturated heterocycles. The standard InChI is InChI=1S/C26H19FO3.C6H7N/c27-19-6-9-20-16(11-19)4-8-22-21(20)7-3-15-1-2-17(12-23(15)22)26(28)18-5-10-24-25(13-18)30-14-29-24;1-2-4-6-7-5-3-1/h3,5-13,17H,1-2,4,14H2;1-7H. The number of allylic oxidation sites excluding steroid dienone is 4. The van der Waals surface area contributed by atoms with E-state index in [-0.39, 0.29) is 24.3 Å². The monoisotopic (exact) mass is 491 g/mol. The number of halogens is 1. The third-order valence-corrected chi connectivity index (χ3v) is 7.07. The molecule has 1 atom stereocenters.